The molecule has 0 aromatic rings. The van der Waals surface area contributed by atoms with Crippen molar-refractivity contribution in [2.24, 2.45) is 4.41 Å². The summed E-state index contributed by atoms with van der Waals surface area (Å²) < 4.78 is 18.6. The van der Waals surface area contributed by atoms with Gasteiger partial charge in [-0.25, -0.2) is 0 Å². The van der Waals surface area contributed by atoms with E-state index < -0.39 is 15.6 Å². The number of hydrogen-bond acceptors (Lipinski definition) is 1. The van der Waals surface area contributed by atoms with Crippen molar-refractivity contribution >= 4 is 15.6 Å². The Hall–Kier alpha value is 0.377. The molecule has 0 aliphatic carbocycles. The highest BCUT2D eigenvalue weighted by Gasteiger charge is 2.41. The van der Waals surface area contributed by atoms with Gasteiger partial charge in [0, 0.05) is 0 Å². The van der Waals surface area contributed by atoms with Crippen LogP contribution in [-0.4, -0.2) is 25.5 Å². The molecule has 0 fully saturated rings. The van der Waals surface area contributed by atoms with Crippen LogP contribution in [0.2, 0.25) is 13.1 Å². The molecule has 0 rings (SSSR count). The maximum Gasteiger partial charge on any atom is 0.359 e. The van der Waals surface area contributed by atoms with Crippen molar-refractivity contribution < 1.29 is 4.11 Å². The molecule has 0 spiro atoms. The Morgan fingerprint density at radius 1 is 0.933 bits per heavy atom. The normalized spacial score (nSPS) is 15.3. The monoisotopic (exact) mass is 251 g/mol. The van der Waals surface area contributed by atoms with Crippen molar-refractivity contribution in [2.45, 2.75) is 64.9 Å². The van der Waals surface area contributed by atoms with Crippen molar-refractivity contribution in [1.82, 2.24) is 0 Å². The first-order valence-electron chi connectivity index (χ1n) is 5.51. The minimum Gasteiger partial charge on any atom is -0.304 e. The van der Waals surface area contributed by atoms with E-state index in [-0.39, 0.29) is 10.3 Å². The van der Waals surface area contributed by atoms with E-state index in [1.807, 2.05) is 0 Å². The molecule has 92 valence electrons. The molecule has 0 amide bonds. The zero-order valence-corrected chi connectivity index (χ0v) is 13.7. The fourth-order valence-corrected chi connectivity index (χ4v) is 10.00. The molecule has 0 aliphatic rings. The summed E-state index contributed by atoms with van der Waals surface area (Å²) in [7, 11) is -4.48. The largest absolute Gasteiger partial charge is 0.359 e. The van der Waals surface area contributed by atoms with Crippen LogP contribution in [0, 0.1) is 0 Å². The van der Waals surface area contributed by atoms with Gasteiger partial charge in [-0.2, -0.15) is 0 Å². The van der Waals surface area contributed by atoms with Crippen molar-refractivity contribution in [3.05, 3.63) is 0 Å². The van der Waals surface area contributed by atoms with E-state index in [0.717, 1.165) is 0 Å². The second-order valence-corrected chi connectivity index (χ2v) is 15.0. The lowest BCUT2D eigenvalue weighted by Gasteiger charge is -2.45. The lowest BCUT2D eigenvalue weighted by atomic mass is 10.2. The van der Waals surface area contributed by atoms with Gasteiger partial charge in [-0.3, -0.25) is 4.11 Å². The smallest absolute Gasteiger partial charge is 0.304 e. The third-order valence-corrected chi connectivity index (χ3v) is 11.8. The summed E-state index contributed by atoms with van der Waals surface area (Å²) in [5.41, 5.74) is 0. The van der Waals surface area contributed by atoms with Gasteiger partial charge in [0.15, 0.2) is 0 Å². The summed E-state index contributed by atoms with van der Waals surface area (Å²) in [4.78, 5) is 0. The van der Waals surface area contributed by atoms with Crippen LogP contribution in [0.5, 0.6) is 0 Å². The molecule has 0 bridgehead atoms. The highest BCUT2D eigenvalue weighted by atomic mass is 31.2. The van der Waals surface area contributed by atoms with E-state index in [1.165, 1.54) is 0 Å². The summed E-state index contributed by atoms with van der Waals surface area (Å²) >= 11 is 0. The van der Waals surface area contributed by atoms with Crippen molar-refractivity contribution in [3.63, 3.8) is 0 Å². The van der Waals surface area contributed by atoms with Gasteiger partial charge in [-0.05, 0) is 37.1 Å². The van der Waals surface area contributed by atoms with Crippen LogP contribution in [0.1, 0.15) is 41.5 Å². The highest BCUT2D eigenvalue weighted by molar-refractivity contribution is 7.69. The third-order valence-electron chi connectivity index (χ3n) is 3.05. The molecule has 4 heteroatoms. The highest BCUT2D eigenvalue weighted by Crippen LogP contribution is 2.67. The fourth-order valence-electron chi connectivity index (χ4n) is 1.78. The maximum atomic E-state index is 13.9. The molecular formula is C11H27FNPSi. The van der Waals surface area contributed by atoms with Crippen LogP contribution in [0.15, 0.2) is 4.41 Å². The molecule has 0 saturated carbocycles. The molecule has 0 aromatic carbocycles. The Morgan fingerprint density at radius 2 is 1.20 bits per heavy atom. The molecule has 15 heavy (non-hydrogen) atoms. The van der Waals surface area contributed by atoms with Crippen LogP contribution in [0.25, 0.3) is 0 Å². The summed E-state index contributed by atoms with van der Waals surface area (Å²) in [6.07, 6.45) is 0. The van der Waals surface area contributed by atoms with Gasteiger partial charge in [0.25, 0.3) is 0 Å². The molecule has 0 heterocycles. The predicted octanol–water partition coefficient (Wildman–Crippen LogP) is 5.09. The molecule has 0 N–H and O–H groups in total. The zero-order valence-electron chi connectivity index (χ0n) is 11.8. The van der Waals surface area contributed by atoms with Gasteiger partial charge >= 0.3 is 8.57 Å². The Balaban J connectivity index is 5.77. The average molecular weight is 251 g/mol. The second kappa shape index (κ2) is 3.99. The molecule has 0 radical (unpaired) electrons. The first-order chi connectivity index (χ1) is 6.21. The lowest BCUT2D eigenvalue weighted by Crippen LogP contribution is -2.31. The van der Waals surface area contributed by atoms with Gasteiger partial charge in [0.1, 0.15) is 0 Å². The third kappa shape index (κ3) is 3.71. The molecular weight excluding hydrogens is 224 g/mol. The van der Waals surface area contributed by atoms with Gasteiger partial charge in [0.2, 0.25) is 0 Å². The minimum absolute atomic E-state index is 0.0849. The van der Waals surface area contributed by atoms with E-state index in [4.69, 9.17) is 0 Å². The Labute approximate surface area is 96.2 Å². The number of hydrogen-bond donors (Lipinski definition) is 0. The van der Waals surface area contributed by atoms with Crippen LogP contribution < -0.4 is 0 Å². The Bertz CT molecular complexity index is 260. The van der Waals surface area contributed by atoms with Gasteiger partial charge in [-0.15, -0.1) is 0 Å². The first-order valence-corrected chi connectivity index (χ1v) is 10.5. The van der Waals surface area contributed by atoms with Crippen molar-refractivity contribution in [1.29, 1.82) is 0 Å². The Morgan fingerprint density at radius 3 is 1.27 bits per heavy atom. The van der Waals surface area contributed by atoms with E-state index >= 15 is 0 Å². The molecule has 0 aliphatic heterocycles. The van der Waals surface area contributed by atoms with Crippen LogP contribution in [0.3, 0.4) is 0 Å². The Kier molecular flexibility index (Phi) is 4.10. The summed E-state index contributed by atoms with van der Waals surface area (Å²) in [5.74, 6) is 0. The van der Waals surface area contributed by atoms with E-state index in [1.54, 1.807) is 13.1 Å². The lowest BCUT2D eigenvalue weighted by molar-refractivity contribution is 0.696. The van der Waals surface area contributed by atoms with E-state index in [2.05, 4.69) is 52.6 Å². The van der Waals surface area contributed by atoms with Gasteiger partial charge in [0.05, 0.1) is 0 Å². The average Bonchev–Trinajstić information content (AvgIpc) is 1.77. The SMILES string of the molecule is CC(C)(C)P(C)(=N[Si](C)(C)F)C(C)(C)C. The topological polar surface area (TPSA) is 12.4 Å². The maximum absolute atomic E-state index is 13.9. The van der Waals surface area contributed by atoms with Crippen molar-refractivity contribution in [2.75, 3.05) is 6.66 Å². The summed E-state index contributed by atoms with van der Waals surface area (Å²) in [5, 5.41) is 0.170. The van der Waals surface area contributed by atoms with Gasteiger partial charge in [-0.1, -0.05) is 41.5 Å². The predicted molar refractivity (Wildman–Crippen MR) is 73.4 cm³/mol. The second-order valence-electron chi connectivity index (χ2n) is 6.81. The number of rotatable bonds is 1. The summed E-state index contributed by atoms with van der Waals surface area (Å²) in [6.45, 7) is 18.7. The number of nitrogens with zero attached hydrogens (tertiary/aromatic N) is 1. The molecule has 0 aromatic heterocycles. The fraction of sp³-hybridized carbons (Fsp3) is 1.00. The summed E-state index contributed by atoms with van der Waals surface area (Å²) in [6, 6.07) is 0. The standard InChI is InChI=1S/C11H27FNPSi/c1-10(2,3)14(7,11(4,5)6)13-15(8,9)12/h1-9H3. The molecule has 1 nitrogen and oxygen atoms in total. The van der Waals surface area contributed by atoms with Crippen molar-refractivity contribution in [3.8, 4) is 0 Å². The van der Waals surface area contributed by atoms with Crippen LogP contribution in [-0.2, 0) is 0 Å². The molecule has 0 atom stereocenters. The quantitative estimate of drug-likeness (QED) is 0.350. The molecule has 0 saturated heterocycles. The number of halogens is 1. The van der Waals surface area contributed by atoms with Crippen LogP contribution >= 0.6 is 7.05 Å². The zero-order chi connectivity index (χ0) is 12.7. The van der Waals surface area contributed by atoms with Crippen LogP contribution in [0.4, 0.5) is 4.11 Å². The van der Waals surface area contributed by atoms with Gasteiger partial charge < -0.3 is 4.41 Å². The first kappa shape index (κ1) is 15.4. The van der Waals surface area contributed by atoms with E-state index in [9.17, 15) is 4.11 Å². The van der Waals surface area contributed by atoms with E-state index in [0.29, 0.717) is 0 Å². The molecule has 0 unspecified atom stereocenters. The minimum atomic E-state index is -2.84.